The molecule has 0 fully saturated rings. The van der Waals surface area contributed by atoms with Crippen LogP contribution >= 0.6 is 35.3 Å². The van der Waals surface area contributed by atoms with E-state index in [-0.39, 0.29) is 42.4 Å². The minimum absolute atomic E-state index is 0. The van der Waals surface area contributed by atoms with Gasteiger partial charge in [-0.1, -0.05) is 18.2 Å². The van der Waals surface area contributed by atoms with E-state index in [1.807, 2.05) is 13.0 Å². The molecule has 1 atom stereocenters. The Morgan fingerprint density at radius 3 is 2.64 bits per heavy atom. The summed E-state index contributed by atoms with van der Waals surface area (Å²) in [6.07, 6.45) is 0. The number of likely N-dealkylation sites (N-methyl/N-ethyl adjacent to an activating group) is 1. The largest absolute Gasteiger partial charge is 0.355 e. The summed E-state index contributed by atoms with van der Waals surface area (Å²) in [7, 11) is -0.290. The number of sulfonamides is 1. The Morgan fingerprint density at radius 2 is 2.07 bits per heavy atom. The van der Waals surface area contributed by atoms with Gasteiger partial charge in [0.05, 0.1) is 6.04 Å². The first-order valence-corrected chi connectivity index (χ1v) is 10.8. The van der Waals surface area contributed by atoms with Crippen molar-refractivity contribution >= 4 is 51.3 Å². The van der Waals surface area contributed by atoms with E-state index in [9.17, 15) is 12.8 Å². The topological polar surface area (TPSA) is 73.8 Å². The summed E-state index contributed by atoms with van der Waals surface area (Å²) in [6.45, 7) is 4.30. The predicted octanol–water partition coefficient (Wildman–Crippen LogP) is 3.36. The molecule has 6 nitrogen and oxygen atoms in total. The van der Waals surface area contributed by atoms with E-state index < -0.39 is 10.0 Å². The van der Waals surface area contributed by atoms with Crippen LogP contribution in [0.25, 0.3) is 0 Å². The molecule has 28 heavy (non-hydrogen) atoms. The molecule has 1 aromatic carbocycles. The summed E-state index contributed by atoms with van der Waals surface area (Å²) in [5.74, 6) is 0.273. The van der Waals surface area contributed by atoms with E-state index in [1.54, 1.807) is 44.6 Å². The number of nitrogens with zero attached hydrogens (tertiary/aromatic N) is 2. The molecule has 0 amide bonds. The van der Waals surface area contributed by atoms with Crippen LogP contribution in [0.4, 0.5) is 4.39 Å². The lowest BCUT2D eigenvalue weighted by Crippen LogP contribution is -2.42. The highest BCUT2D eigenvalue weighted by atomic mass is 127. The van der Waals surface area contributed by atoms with Crippen molar-refractivity contribution in [1.29, 1.82) is 0 Å². The molecule has 0 radical (unpaired) electrons. The smallest absolute Gasteiger partial charge is 0.252 e. The molecule has 1 unspecified atom stereocenters. The van der Waals surface area contributed by atoms with Gasteiger partial charge in [-0.3, -0.25) is 4.99 Å². The lowest BCUT2D eigenvalue weighted by Gasteiger charge is -2.20. The molecule has 2 rings (SSSR count). The van der Waals surface area contributed by atoms with Crippen molar-refractivity contribution in [2.24, 2.45) is 4.99 Å². The quantitative estimate of drug-likeness (QED) is 0.321. The van der Waals surface area contributed by atoms with Crippen molar-refractivity contribution in [2.45, 2.75) is 24.1 Å². The van der Waals surface area contributed by atoms with Gasteiger partial charge in [-0.25, -0.2) is 12.8 Å². The molecule has 2 N–H and O–H groups in total. The molecular formula is C18H26FIN4O2S2. The maximum atomic E-state index is 13.7. The van der Waals surface area contributed by atoms with Crippen molar-refractivity contribution in [1.82, 2.24) is 14.9 Å². The van der Waals surface area contributed by atoms with Crippen LogP contribution < -0.4 is 10.6 Å². The zero-order valence-corrected chi connectivity index (χ0v) is 20.2. The molecule has 0 aliphatic heterocycles. The van der Waals surface area contributed by atoms with Crippen LogP contribution in [-0.2, 0) is 10.0 Å². The van der Waals surface area contributed by atoms with Crippen molar-refractivity contribution in [2.75, 3.05) is 27.2 Å². The number of benzene rings is 1. The highest BCUT2D eigenvalue weighted by molar-refractivity contribution is 14.0. The first-order valence-electron chi connectivity index (χ1n) is 8.48. The van der Waals surface area contributed by atoms with Gasteiger partial charge < -0.3 is 10.6 Å². The van der Waals surface area contributed by atoms with E-state index in [0.29, 0.717) is 22.3 Å². The van der Waals surface area contributed by atoms with Crippen LogP contribution in [0.1, 0.15) is 24.1 Å². The first-order chi connectivity index (χ1) is 12.8. The van der Waals surface area contributed by atoms with Crippen LogP contribution in [0.2, 0.25) is 0 Å². The van der Waals surface area contributed by atoms with Gasteiger partial charge in [0.15, 0.2) is 5.96 Å². The molecule has 156 valence electrons. The van der Waals surface area contributed by atoms with Crippen LogP contribution in [0, 0.1) is 12.7 Å². The number of guanidine groups is 1. The monoisotopic (exact) mass is 540 g/mol. The number of aliphatic imine (C=N–C) groups is 1. The molecular weight excluding hydrogens is 514 g/mol. The van der Waals surface area contributed by atoms with E-state index in [1.165, 1.54) is 21.7 Å². The molecule has 0 saturated heterocycles. The second-order valence-corrected chi connectivity index (χ2v) is 9.35. The van der Waals surface area contributed by atoms with Crippen molar-refractivity contribution < 1.29 is 12.8 Å². The summed E-state index contributed by atoms with van der Waals surface area (Å²) in [5, 5.41) is 8.00. The van der Waals surface area contributed by atoms with Gasteiger partial charge in [-0.05, 0) is 42.5 Å². The summed E-state index contributed by atoms with van der Waals surface area (Å²) >= 11 is 1.19. The zero-order chi connectivity index (χ0) is 20.0. The SMILES string of the molecule is CN=C(NCCN(C)S(=O)(=O)c1cccs1)NC(C)c1ccc(C)c(F)c1.I. The van der Waals surface area contributed by atoms with Gasteiger partial charge in [0, 0.05) is 27.2 Å². The Kier molecular flexibility index (Phi) is 9.81. The third-order valence-corrected chi connectivity index (χ3v) is 7.38. The number of thiophene rings is 1. The Bertz CT molecular complexity index is 889. The Labute approximate surface area is 187 Å². The lowest BCUT2D eigenvalue weighted by atomic mass is 10.1. The highest BCUT2D eigenvalue weighted by Crippen LogP contribution is 2.19. The van der Waals surface area contributed by atoms with Gasteiger partial charge in [0.2, 0.25) is 0 Å². The molecule has 2 aromatic rings. The number of rotatable bonds is 7. The molecule has 0 saturated carbocycles. The summed E-state index contributed by atoms with van der Waals surface area (Å²) in [6, 6.07) is 8.26. The second-order valence-electron chi connectivity index (χ2n) is 6.13. The maximum absolute atomic E-state index is 13.7. The van der Waals surface area contributed by atoms with Crippen molar-refractivity contribution in [3.63, 3.8) is 0 Å². The van der Waals surface area contributed by atoms with Gasteiger partial charge >= 0.3 is 0 Å². The van der Waals surface area contributed by atoms with Crippen LogP contribution in [0.15, 0.2) is 44.9 Å². The van der Waals surface area contributed by atoms with Crippen LogP contribution in [-0.4, -0.2) is 45.9 Å². The minimum atomic E-state index is -3.47. The fourth-order valence-corrected chi connectivity index (χ4v) is 4.75. The first kappa shape index (κ1) is 24.8. The van der Waals surface area contributed by atoms with E-state index >= 15 is 0 Å². The van der Waals surface area contributed by atoms with Crippen molar-refractivity contribution in [3.05, 3.63) is 52.7 Å². The third-order valence-electron chi connectivity index (χ3n) is 4.15. The zero-order valence-electron chi connectivity index (χ0n) is 16.3. The Hall–Kier alpha value is -1.24. The predicted molar refractivity (Wildman–Crippen MR) is 124 cm³/mol. The lowest BCUT2D eigenvalue weighted by molar-refractivity contribution is 0.471. The molecule has 0 spiro atoms. The van der Waals surface area contributed by atoms with Gasteiger partial charge in [0.25, 0.3) is 10.0 Å². The fourth-order valence-electron chi connectivity index (χ4n) is 2.38. The van der Waals surface area contributed by atoms with E-state index in [0.717, 1.165) is 5.56 Å². The van der Waals surface area contributed by atoms with Gasteiger partial charge in [0.1, 0.15) is 10.0 Å². The number of hydrogen-bond acceptors (Lipinski definition) is 4. The normalized spacial score (nSPS) is 13.1. The van der Waals surface area contributed by atoms with Crippen molar-refractivity contribution in [3.8, 4) is 0 Å². The van der Waals surface area contributed by atoms with Gasteiger partial charge in [-0.2, -0.15) is 4.31 Å². The number of halogens is 2. The standard InChI is InChI=1S/C18H25FN4O2S2.HI/c1-13-7-8-15(12-16(13)19)14(2)22-18(20-3)21-9-10-23(4)27(24,25)17-6-5-11-26-17;/h5-8,11-12,14H,9-10H2,1-4H3,(H2,20,21,22);1H. The number of nitrogens with one attached hydrogen (secondary N) is 2. The summed E-state index contributed by atoms with van der Waals surface area (Å²) < 4.78 is 40.1. The third kappa shape index (κ3) is 6.39. The molecule has 0 aliphatic carbocycles. The second kappa shape index (κ2) is 11.1. The number of aryl methyl sites for hydroxylation is 1. The van der Waals surface area contributed by atoms with Crippen LogP contribution in [0.5, 0.6) is 0 Å². The summed E-state index contributed by atoms with van der Waals surface area (Å²) in [5.41, 5.74) is 1.40. The summed E-state index contributed by atoms with van der Waals surface area (Å²) in [4.78, 5) is 4.14. The van der Waals surface area contributed by atoms with E-state index in [4.69, 9.17) is 0 Å². The van der Waals surface area contributed by atoms with Gasteiger partial charge in [-0.15, -0.1) is 35.3 Å². The van der Waals surface area contributed by atoms with E-state index in [2.05, 4.69) is 15.6 Å². The molecule has 1 heterocycles. The number of hydrogen-bond donors (Lipinski definition) is 2. The fraction of sp³-hybridized carbons (Fsp3) is 0.389. The minimum Gasteiger partial charge on any atom is -0.355 e. The molecule has 1 aromatic heterocycles. The Morgan fingerprint density at radius 1 is 1.36 bits per heavy atom. The van der Waals surface area contributed by atoms with Crippen LogP contribution in [0.3, 0.4) is 0 Å². The average molecular weight is 540 g/mol. The molecule has 10 heteroatoms. The average Bonchev–Trinajstić information content (AvgIpc) is 3.18. The molecule has 0 aliphatic rings. The Balaban J connectivity index is 0.00000392. The molecule has 0 bridgehead atoms. The maximum Gasteiger partial charge on any atom is 0.252 e. The highest BCUT2D eigenvalue weighted by Gasteiger charge is 2.21.